The molecule has 33 heavy (non-hydrogen) atoms. The number of benzene rings is 2. The van der Waals surface area contributed by atoms with Crippen LogP contribution in [0, 0.1) is 0 Å². The van der Waals surface area contributed by atoms with Crippen LogP contribution < -0.4 is 15.8 Å². The molecule has 2 heterocycles. The average Bonchev–Trinajstić information content (AvgIpc) is 3.34. The third kappa shape index (κ3) is 4.37. The molecular weight excluding hydrogens is 418 g/mol. The molecule has 1 amide bonds. The normalized spacial score (nSPS) is 18.5. The summed E-state index contributed by atoms with van der Waals surface area (Å²) in [5.41, 5.74) is 11.3. The number of rotatable bonds is 6. The predicted molar refractivity (Wildman–Crippen MR) is 130 cm³/mol. The molecule has 5 rings (SSSR count). The van der Waals surface area contributed by atoms with Crippen molar-refractivity contribution in [2.75, 3.05) is 24.3 Å². The van der Waals surface area contributed by atoms with E-state index < -0.39 is 6.09 Å². The molecule has 7 heteroatoms. The maximum absolute atomic E-state index is 11.9. The SMILES string of the molecule is CC(C)OC(=O)Nc1ccc(-c2c(N)c3ccc(OC4CCOC4)cc3n2C2CCC2)cc1. The van der Waals surface area contributed by atoms with Crippen molar-refractivity contribution in [3.8, 4) is 17.0 Å². The summed E-state index contributed by atoms with van der Waals surface area (Å²) in [6, 6.07) is 14.4. The lowest BCUT2D eigenvalue weighted by molar-refractivity contribution is 0.130. The van der Waals surface area contributed by atoms with E-state index in [2.05, 4.69) is 22.0 Å². The Balaban J connectivity index is 1.49. The summed E-state index contributed by atoms with van der Waals surface area (Å²) in [6.45, 7) is 5.04. The highest BCUT2D eigenvalue weighted by molar-refractivity contribution is 6.01. The van der Waals surface area contributed by atoms with Crippen LogP contribution in [0.2, 0.25) is 0 Å². The summed E-state index contributed by atoms with van der Waals surface area (Å²) in [7, 11) is 0. The van der Waals surface area contributed by atoms with Crippen molar-refractivity contribution >= 4 is 28.4 Å². The van der Waals surface area contributed by atoms with E-state index in [9.17, 15) is 4.79 Å². The zero-order chi connectivity index (χ0) is 22.9. The standard InChI is InChI=1S/C26H31N3O4/c1-16(2)32-26(30)28-18-8-6-17(7-9-18)25-24(27)22-11-10-20(33-21-12-13-31-15-21)14-23(22)29(25)19-4-3-5-19/h6-11,14,16,19,21H,3-5,12-13,15,27H2,1-2H3,(H,28,30). The molecule has 2 aliphatic rings. The highest BCUT2D eigenvalue weighted by atomic mass is 16.6. The molecule has 174 valence electrons. The first-order chi connectivity index (χ1) is 16.0. The minimum Gasteiger partial charge on any atom is -0.488 e. The first kappa shape index (κ1) is 21.6. The molecule has 1 saturated heterocycles. The third-order valence-electron chi connectivity index (χ3n) is 6.39. The van der Waals surface area contributed by atoms with Gasteiger partial charge in [0.1, 0.15) is 11.9 Å². The summed E-state index contributed by atoms with van der Waals surface area (Å²) >= 11 is 0. The van der Waals surface area contributed by atoms with Gasteiger partial charge >= 0.3 is 6.09 Å². The van der Waals surface area contributed by atoms with Gasteiger partial charge in [0, 0.05) is 35.2 Å². The molecule has 1 aliphatic heterocycles. The number of nitrogens with zero attached hydrogens (tertiary/aromatic N) is 1. The molecule has 7 nitrogen and oxygen atoms in total. The summed E-state index contributed by atoms with van der Waals surface area (Å²) in [5.74, 6) is 0.853. The third-order valence-corrected chi connectivity index (χ3v) is 6.39. The van der Waals surface area contributed by atoms with E-state index in [1.807, 2.05) is 44.2 Å². The molecule has 3 N–H and O–H groups in total. The van der Waals surface area contributed by atoms with Gasteiger partial charge in [-0.3, -0.25) is 5.32 Å². The molecule has 3 aromatic rings. The Hall–Kier alpha value is -3.19. The molecule has 0 radical (unpaired) electrons. The van der Waals surface area contributed by atoms with Crippen molar-refractivity contribution in [1.82, 2.24) is 4.57 Å². The van der Waals surface area contributed by atoms with Crippen molar-refractivity contribution in [3.05, 3.63) is 42.5 Å². The molecule has 2 fully saturated rings. The van der Waals surface area contributed by atoms with Gasteiger partial charge in [0.25, 0.3) is 0 Å². The van der Waals surface area contributed by atoms with Gasteiger partial charge in [-0.05, 0) is 57.4 Å². The van der Waals surface area contributed by atoms with Crippen molar-refractivity contribution in [2.24, 2.45) is 0 Å². The number of nitrogen functional groups attached to an aromatic ring is 1. The van der Waals surface area contributed by atoms with Crippen LogP contribution in [0.25, 0.3) is 22.2 Å². The lowest BCUT2D eigenvalue weighted by Crippen LogP contribution is -2.18. The van der Waals surface area contributed by atoms with Gasteiger partial charge in [0.2, 0.25) is 0 Å². The number of fused-ring (bicyclic) bond motifs is 1. The molecule has 0 bridgehead atoms. The Morgan fingerprint density at radius 3 is 2.58 bits per heavy atom. The largest absolute Gasteiger partial charge is 0.488 e. The zero-order valence-corrected chi connectivity index (χ0v) is 19.2. The predicted octanol–water partition coefficient (Wildman–Crippen LogP) is 5.74. The van der Waals surface area contributed by atoms with Gasteiger partial charge in [-0.2, -0.15) is 0 Å². The van der Waals surface area contributed by atoms with Gasteiger partial charge in [-0.15, -0.1) is 0 Å². The highest BCUT2D eigenvalue weighted by Gasteiger charge is 2.27. The fourth-order valence-corrected chi connectivity index (χ4v) is 4.58. The summed E-state index contributed by atoms with van der Waals surface area (Å²) in [6.07, 6.45) is 3.89. The molecule has 2 aromatic carbocycles. The molecule has 1 atom stereocenters. The lowest BCUT2D eigenvalue weighted by Gasteiger charge is -2.30. The van der Waals surface area contributed by atoms with Crippen LogP contribution in [0.15, 0.2) is 42.5 Å². The van der Waals surface area contributed by atoms with Crippen molar-refractivity contribution in [3.63, 3.8) is 0 Å². The number of carbonyl (C=O) groups excluding carboxylic acids is 1. The fourth-order valence-electron chi connectivity index (χ4n) is 4.58. The fraction of sp³-hybridized carbons (Fsp3) is 0.423. The van der Waals surface area contributed by atoms with Crippen LogP contribution in [0.5, 0.6) is 5.75 Å². The summed E-state index contributed by atoms with van der Waals surface area (Å²) < 4.78 is 19.2. The van der Waals surface area contributed by atoms with Gasteiger partial charge in [0.15, 0.2) is 0 Å². The number of anilines is 2. The second kappa shape index (κ2) is 8.98. The molecule has 1 aromatic heterocycles. The van der Waals surface area contributed by atoms with E-state index in [1.54, 1.807) is 0 Å². The topological polar surface area (TPSA) is 87.7 Å². The second-order valence-corrected chi connectivity index (χ2v) is 9.16. The van der Waals surface area contributed by atoms with Crippen LogP contribution in [-0.2, 0) is 9.47 Å². The Morgan fingerprint density at radius 1 is 1.15 bits per heavy atom. The molecular formula is C26H31N3O4. The monoisotopic (exact) mass is 449 g/mol. The quantitative estimate of drug-likeness (QED) is 0.501. The van der Waals surface area contributed by atoms with Crippen LogP contribution >= 0.6 is 0 Å². The lowest BCUT2D eigenvalue weighted by atomic mass is 9.92. The number of hydrogen-bond acceptors (Lipinski definition) is 5. The number of nitrogens with two attached hydrogens (primary N) is 1. The Labute approximate surface area is 193 Å². The number of aromatic nitrogens is 1. The summed E-state index contributed by atoms with van der Waals surface area (Å²) in [5, 5.41) is 3.81. The van der Waals surface area contributed by atoms with E-state index in [4.69, 9.17) is 19.9 Å². The van der Waals surface area contributed by atoms with Crippen molar-refractivity contribution in [1.29, 1.82) is 0 Å². The van der Waals surface area contributed by atoms with Crippen LogP contribution in [-0.4, -0.2) is 36.1 Å². The van der Waals surface area contributed by atoms with Gasteiger partial charge in [-0.25, -0.2) is 4.79 Å². The minimum absolute atomic E-state index is 0.105. The Bertz CT molecular complexity index is 1140. The maximum Gasteiger partial charge on any atom is 0.411 e. The molecule has 0 spiro atoms. The molecule has 1 aliphatic carbocycles. The van der Waals surface area contributed by atoms with Crippen LogP contribution in [0.4, 0.5) is 16.2 Å². The van der Waals surface area contributed by atoms with Crippen molar-refractivity contribution < 1.29 is 19.0 Å². The van der Waals surface area contributed by atoms with E-state index >= 15 is 0 Å². The molecule has 1 saturated carbocycles. The smallest absolute Gasteiger partial charge is 0.411 e. The number of amides is 1. The first-order valence-electron chi connectivity index (χ1n) is 11.8. The average molecular weight is 450 g/mol. The number of carbonyl (C=O) groups is 1. The van der Waals surface area contributed by atoms with Gasteiger partial charge in [0.05, 0.1) is 36.2 Å². The van der Waals surface area contributed by atoms with Gasteiger partial charge < -0.3 is 24.5 Å². The minimum atomic E-state index is -0.457. The number of nitrogens with one attached hydrogen (secondary N) is 1. The van der Waals surface area contributed by atoms with Crippen LogP contribution in [0.3, 0.4) is 0 Å². The Kier molecular flexibility index (Phi) is 5.89. The van der Waals surface area contributed by atoms with E-state index in [0.29, 0.717) is 18.3 Å². The zero-order valence-electron chi connectivity index (χ0n) is 19.2. The first-order valence-corrected chi connectivity index (χ1v) is 11.8. The van der Waals surface area contributed by atoms with E-state index in [-0.39, 0.29) is 12.2 Å². The van der Waals surface area contributed by atoms with Crippen LogP contribution in [0.1, 0.15) is 45.6 Å². The highest BCUT2D eigenvalue weighted by Crippen LogP contribution is 2.45. The number of hydrogen-bond donors (Lipinski definition) is 2. The maximum atomic E-state index is 11.9. The Morgan fingerprint density at radius 2 is 1.94 bits per heavy atom. The van der Waals surface area contributed by atoms with E-state index in [1.165, 1.54) is 6.42 Å². The molecule has 1 unspecified atom stereocenters. The summed E-state index contributed by atoms with van der Waals surface area (Å²) in [4.78, 5) is 11.9. The van der Waals surface area contributed by atoms with Gasteiger partial charge in [-0.1, -0.05) is 12.1 Å². The second-order valence-electron chi connectivity index (χ2n) is 9.16. The number of ether oxygens (including phenoxy) is 3. The van der Waals surface area contributed by atoms with E-state index in [0.717, 1.165) is 59.5 Å². The van der Waals surface area contributed by atoms with Crippen molar-refractivity contribution in [2.45, 2.75) is 57.8 Å².